The molecular weight excluding hydrogens is 266 g/mol. The van der Waals surface area contributed by atoms with Crippen LogP contribution in [0, 0.1) is 0 Å². The third-order valence-electron chi connectivity index (χ3n) is 2.53. The minimum absolute atomic E-state index is 0.117. The Kier molecular flexibility index (Phi) is 3.82. The quantitative estimate of drug-likeness (QED) is 0.798. The van der Waals surface area contributed by atoms with Crippen molar-refractivity contribution in [1.29, 1.82) is 0 Å². The lowest BCUT2D eigenvalue weighted by molar-refractivity contribution is 0.581. The normalized spacial score (nSPS) is 11.6. The molecule has 0 fully saturated rings. The van der Waals surface area contributed by atoms with Crippen molar-refractivity contribution >= 4 is 15.8 Å². The Hall–Kier alpha value is -1.93. The number of nitrogens with zero attached hydrogens (tertiary/aromatic N) is 3. The van der Waals surface area contributed by atoms with Crippen molar-refractivity contribution in [3.05, 3.63) is 36.3 Å². The van der Waals surface area contributed by atoms with E-state index in [9.17, 15) is 8.42 Å². The van der Waals surface area contributed by atoms with E-state index >= 15 is 0 Å². The van der Waals surface area contributed by atoms with E-state index in [1.54, 1.807) is 10.9 Å². The van der Waals surface area contributed by atoms with Gasteiger partial charge in [0.05, 0.1) is 11.1 Å². The molecule has 0 aliphatic rings. The number of sulfonamides is 1. The third kappa shape index (κ3) is 3.52. The zero-order valence-electron chi connectivity index (χ0n) is 10.4. The summed E-state index contributed by atoms with van der Waals surface area (Å²) in [7, 11) is -1.73. The van der Waals surface area contributed by atoms with E-state index in [2.05, 4.69) is 14.8 Å². The molecule has 0 bridgehead atoms. The van der Waals surface area contributed by atoms with Crippen LogP contribution in [-0.2, 0) is 23.5 Å². The molecule has 2 aromatic rings. The van der Waals surface area contributed by atoms with Crippen molar-refractivity contribution < 1.29 is 8.42 Å². The maximum absolute atomic E-state index is 12.0. The molecule has 0 unspecified atom stereocenters. The summed E-state index contributed by atoms with van der Waals surface area (Å²) in [5.41, 5.74) is 6.44. The molecule has 8 heteroatoms. The topological polar surface area (TPSA) is 103 Å². The van der Waals surface area contributed by atoms with Gasteiger partial charge in [-0.05, 0) is 18.1 Å². The summed E-state index contributed by atoms with van der Waals surface area (Å²) in [6, 6.07) is 2.73. The van der Waals surface area contributed by atoms with E-state index in [1.165, 1.54) is 18.3 Å². The number of hydrogen-bond acceptors (Lipinski definition) is 5. The largest absolute Gasteiger partial charge is 0.384 e. The van der Waals surface area contributed by atoms with E-state index in [0.717, 1.165) is 5.56 Å². The molecule has 2 aromatic heterocycles. The molecule has 3 N–H and O–H groups in total. The fourth-order valence-electron chi connectivity index (χ4n) is 1.61. The molecule has 0 aliphatic heterocycles. The lowest BCUT2D eigenvalue weighted by Crippen LogP contribution is -2.26. The smallest absolute Gasteiger partial charge is 0.240 e. The number of nitrogen functional groups attached to an aromatic ring is 1. The lowest BCUT2D eigenvalue weighted by Gasteiger charge is -2.06. The maximum atomic E-state index is 12.0. The third-order valence-corrected chi connectivity index (χ3v) is 3.99. The summed E-state index contributed by atoms with van der Waals surface area (Å²) in [4.78, 5) is 3.88. The Morgan fingerprint density at radius 3 is 2.89 bits per heavy atom. The highest BCUT2D eigenvalue weighted by Gasteiger charge is 2.13. The van der Waals surface area contributed by atoms with Crippen molar-refractivity contribution in [3.63, 3.8) is 0 Å². The number of nitrogens with two attached hydrogens (primary N) is 1. The van der Waals surface area contributed by atoms with Crippen LogP contribution in [0.25, 0.3) is 0 Å². The second-order valence-electron chi connectivity index (χ2n) is 4.09. The van der Waals surface area contributed by atoms with Crippen molar-refractivity contribution in [1.82, 2.24) is 19.5 Å². The van der Waals surface area contributed by atoms with E-state index in [0.29, 0.717) is 13.0 Å². The van der Waals surface area contributed by atoms with E-state index in [-0.39, 0.29) is 10.7 Å². The molecule has 7 nitrogen and oxygen atoms in total. The van der Waals surface area contributed by atoms with Crippen LogP contribution in [0.15, 0.2) is 35.6 Å². The van der Waals surface area contributed by atoms with Gasteiger partial charge in [-0.2, -0.15) is 5.10 Å². The highest BCUT2D eigenvalue weighted by atomic mass is 32.2. The molecule has 19 heavy (non-hydrogen) atoms. The summed E-state index contributed by atoms with van der Waals surface area (Å²) < 4.78 is 28.1. The van der Waals surface area contributed by atoms with Crippen molar-refractivity contribution in [2.24, 2.45) is 7.05 Å². The molecule has 0 saturated heterocycles. The first-order chi connectivity index (χ1) is 8.97. The second-order valence-corrected chi connectivity index (χ2v) is 5.85. The molecule has 102 valence electrons. The van der Waals surface area contributed by atoms with Gasteiger partial charge in [-0.3, -0.25) is 4.68 Å². The van der Waals surface area contributed by atoms with Gasteiger partial charge in [0.15, 0.2) is 0 Å². The lowest BCUT2D eigenvalue weighted by atomic mass is 10.3. The molecule has 0 amide bonds. The van der Waals surface area contributed by atoms with Crippen molar-refractivity contribution in [3.8, 4) is 0 Å². The van der Waals surface area contributed by atoms with Gasteiger partial charge >= 0.3 is 0 Å². The predicted octanol–water partition coefficient (Wildman–Crippen LogP) is -0.0817. The summed E-state index contributed by atoms with van der Waals surface area (Å²) in [6.07, 6.45) is 5.50. The van der Waals surface area contributed by atoms with Gasteiger partial charge in [-0.1, -0.05) is 0 Å². The minimum Gasteiger partial charge on any atom is -0.384 e. The Balaban J connectivity index is 1.98. The fraction of sp³-hybridized carbons (Fsp3) is 0.273. The highest BCUT2D eigenvalue weighted by Crippen LogP contribution is 2.10. The van der Waals surface area contributed by atoms with E-state index in [4.69, 9.17) is 5.73 Å². The molecule has 0 atom stereocenters. The Morgan fingerprint density at radius 1 is 1.47 bits per heavy atom. The Labute approximate surface area is 111 Å². The average Bonchev–Trinajstić information content (AvgIpc) is 2.75. The van der Waals surface area contributed by atoms with Gasteiger partial charge in [-0.25, -0.2) is 18.1 Å². The first kappa shape index (κ1) is 13.5. The van der Waals surface area contributed by atoms with Crippen LogP contribution in [0.2, 0.25) is 0 Å². The number of pyridine rings is 1. The average molecular weight is 281 g/mol. The van der Waals surface area contributed by atoms with Crippen LogP contribution < -0.4 is 10.5 Å². The Morgan fingerprint density at radius 2 is 2.26 bits per heavy atom. The molecule has 0 spiro atoms. The van der Waals surface area contributed by atoms with Gasteiger partial charge in [0.25, 0.3) is 0 Å². The number of nitrogens with one attached hydrogen (secondary N) is 1. The van der Waals surface area contributed by atoms with Crippen LogP contribution in [0.1, 0.15) is 5.56 Å². The summed E-state index contributed by atoms with van der Waals surface area (Å²) in [5, 5.41) is 4.02. The molecule has 2 rings (SSSR count). The van der Waals surface area contributed by atoms with Crippen molar-refractivity contribution in [2.75, 3.05) is 12.3 Å². The molecule has 0 aromatic carbocycles. The van der Waals surface area contributed by atoms with Gasteiger partial charge in [0, 0.05) is 32.1 Å². The summed E-state index contributed by atoms with van der Waals surface area (Å²) >= 11 is 0. The maximum Gasteiger partial charge on any atom is 0.240 e. The molecule has 0 radical (unpaired) electrons. The monoisotopic (exact) mass is 281 g/mol. The molecule has 0 saturated carbocycles. The molecular formula is C11H15N5O2S. The van der Waals surface area contributed by atoms with Crippen LogP contribution in [-0.4, -0.2) is 29.7 Å². The number of rotatable bonds is 5. The molecule has 2 heterocycles. The van der Waals surface area contributed by atoms with Crippen LogP contribution in [0.4, 0.5) is 5.82 Å². The zero-order chi connectivity index (χ0) is 13.9. The highest BCUT2D eigenvalue weighted by molar-refractivity contribution is 7.89. The predicted molar refractivity (Wildman–Crippen MR) is 70.7 cm³/mol. The van der Waals surface area contributed by atoms with E-state index < -0.39 is 10.0 Å². The number of hydrogen-bond donors (Lipinski definition) is 2. The second kappa shape index (κ2) is 5.37. The fourth-order valence-corrected chi connectivity index (χ4v) is 2.66. The standard InChI is InChI=1S/C11H15N5O2S/c1-16-8-9(7-14-16)2-5-15-19(17,18)10-3-4-13-11(12)6-10/h3-4,6-8,15H,2,5H2,1H3,(H2,12,13). The molecule has 0 aliphatic carbocycles. The first-order valence-corrected chi connectivity index (χ1v) is 7.14. The Bertz CT molecular complexity index is 665. The van der Waals surface area contributed by atoms with Gasteiger partial charge in [0.1, 0.15) is 5.82 Å². The van der Waals surface area contributed by atoms with E-state index in [1.807, 2.05) is 13.2 Å². The first-order valence-electron chi connectivity index (χ1n) is 5.66. The van der Waals surface area contributed by atoms with Crippen molar-refractivity contribution in [2.45, 2.75) is 11.3 Å². The van der Waals surface area contributed by atoms with Gasteiger partial charge in [0.2, 0.25) is 10.0 Å². The summed E-state index contributed by atoms with van der Waals surface area (Å²) in [6.45, 7) is 0.302. The van der Waals surface area contributed by atoms with Crippen LogP contribution >= 0.6 is 0 Å². The van der Waals surface area contributed by atoms with Gasteiger partial charge in [-0.15, -0.1) is 0 Å². The summed E-state index contributed by atoms with van der Waals surface area (Å²) in [5.74, 6) is 0.176. The number of aryl methyl sites for hydroxylation is 1. The number of anilines is 1. The SMILES string of the molecule is Cn1cc(CCNS(=O)(=O)c2ccnc(N)c2)cn1. The number of aromatic nitrogens is 3. The zero-order valence-corrected chi connectivity index (χ0v) is 11.3. The van der Waals surface area contributed by atoms with Gasteiger partial charge < -0.3 is 5.73 Å². The van der Waals surface area contributed by atoms with Crippen LogP contribution in [0.3, 0.4) is 0 Å². The minimum atomic E-state index is -3.54. The van der Waals surface area contributed by atoms with Crippen LogP contribution in [0.5, 0.6) is 0 Å².